The summed E-state index contributed by atoms with van der Waals surface area (Å²) in [5.41, 5.74) is 1.68. The van der Waals surface area contributed by atoms with Crippen molar-refractivity contribution < 1.29 is 9.90 Å². The number of anilines is 1. The van der Waals surface area contributed by atoms with Gasteiger partial charge in [-0.05, 0) is 36.6 Å². The smallest absolute Gasteiger partial charge is 0.227 e. The van der Waals surface area contributed by atoms with Crippen LogP contribution in [0.25, 0.3) is 0 Å². The monoisotopic (exact) mass is 217 g/mol. The highest BCUT2D eigenvalue weighted by atomic mass is 16.3. The Morgan fingerprint density at radius 2 is 2.31 bits per heavy atom. The minimum Gasteiger partial charge on any atom is -0.508 e. The van der Waals surface area contributed by atoms with Gasteiger partial charge in [0, 0.05) is 18.7 Å². The number of rotatable bonds is 3. The van der Waals surface area contributed by atoms with Crippen LogP contribution < -0.4 is 4.90 Å². The molecule has 0 unspecified atom stereocenters. The second kappa shape index (κ2) is 4.39. The summed E-state index contributed by atoms with van der Waals surface area (Å²) in [5.74, 6) is 0.422. The predicted octanol–water partition coefficient (Wildman–Crippen LogP) is 2.25. The molecule has 0 aromatic heterocycles. The molecule has 16 heavy (non-hydrogen) atoms. The third kappa shape index (κ3) is 1.94. The SMILES string of the molecule is C=CCc1cc(N2CCCC2=O)ccc1O. The fourth-order valence-corrected chi connectivity index (χ4v) is 1.98. The van der Waals surface area contributed by atoms with Gasteiger partial charge in [-0.2, -0.15) is 0 Å². The third-order valence-corrected chi connectivity index (χ3v) is 2.81. The minimum absolute atomic E-state index is 0.162. The van der Waals surface area contributed by atoms with Gasteiger partial charge in [0.15, 0.2) is 0 Å². The highest BCUT2D eigenvalue weighted by molar-refractivity contribution is 5.95. The average molecular weight is 217 g/mol. The molecule has 2 rings (SSSR count). The van der Waals surface area contributed by atoms with Crippen LogP contribution in [0.1, 0.15) is 18.4 Å². The Morgan fingerprint density at radius 3 is 2.94 bits per heavy atom. The van der Waals surface area contributed by atoms with Crippen LogP contribution in [0.3, 0.4) is 0 Å². The number of hydrogen-bond acceptors (Lipinski definition) is 2. The molecule has 0 spiro atoms. The molecule has 1 aliphatic rings. The first-order chi connectivity index (χ1) is 7.72. The Morgan fingerprint density at radius 1 is 1.50 bits per heavy atom. The molecule has 1 aliphatic heterocycles. The van der Waals surface area contributed by atoms with E-state index in [1.807, 2.05) is 6.07 Å². The summed E-state index contributed by atoms with van der Waals surface area (Å²) in [6.07, 6.45) is 3.89. The fraction of sp³-hybridized carbons (Fsp3) is 0.308. The van der Waals surface area contributed by atoms with Gasteiger partial charge in [-0.25, -0.2) is 0 Å². The van der Waals surface area contributed by atoms with Crippen LogP contribution in [0.4, 0.5) is 5.69 Å². The molecule has 1 amide bonds. The molecule has 3 heteroatoms. The quantitative estimate of drug-likeness (QED) is 0.789. The Kier molecular flexibility index (Phi) is 2.95. The van der Waals surface area contributed by atoms with Crippen molar-refractivity contribution >= 4 is 11.6 Å². The third-order valence-electron chi connectivity index (χ3n) is 2.81. The Balaban J connectivity index is 2.31. The van der Waals surface area contributed by atoms with E-state index < -0.39 is 0 Å². The van der Waals surface area contributed by atoms with Crippen LogP contribution in [0.15, 0.2) is 30.9 Å². The zero-order chi connectivity index (χ0) is 11.5. The van der Waals surface area contributed by atoms with Gasteiger partial charge in [0.1, 0.15) is 5.75 Å². The van der Waals surface area contributed by atoms with Crippen molar-refractivity contribution in [2.24, 2.45) is 0 Å². The molecule has 0 aliphatic carbocycles. The van der Waals surface area contributed by atoms with Crippen molar-refractivity contribution in [3.05, 3.63) is 36.4 Å². The van der Waals surface area contributed by atoms with Gasteiger partial charge in [-0.3, -0.25) is 4.79 Å². The molecule has 1 N–H and O–H groups in total. The van der Waals surface area contributed by atoms with Crippen molar-refractivity contribution in [2.45, 2.75) is 19.3 Å². The molecule has 1 heterocycles. The number of carbonyl (C=O) groups excluding carboxylic acids is 1. The molecule has 3 nitrogen and oxygen atoms in total. The molecule has 1 fully saturated rings. The fourth-order valence-electron chi connectivity index (χ4n) is 1.98. The molecule has 1 aromatic rings. The summed E-state index contributed by atoms with van der Waals surface area (Å²) < 4.78 is 0. The number of phenolic OH excluding ortho intramolecular Hbond substituents is 1. The van der Waals surface area contributed by atoms with Crippen molar-refractivity contribution in [1.29, 1.82) is 0 Å². The van der Waals surface area contributed by atoms with Gasteiger partial charge in [0.05, 0.1) is 0 Å². The molecule has 1 saturated heterocycles. The maximum absolute atomic E-state index is 11.6. The number of allylic oxidation sites excluding steroid dienone is 1. The average Bonchev–Trinajstić information content (AvgIpc) is 2.68. The summed E-state index contributed by atoms with van der Waals surface area (Å²) >= 11 is 0. The Labute approximate surface area is 95.0 Å². The van der Waals surface area contributed by atoms with E-state index in [1.54, 1.807) is 23.1 Å². The summed E-state index contributed by atoms with van der Waals surface area (Å²) in [6, 6.07) is 5.28. The molecule has 0 radical (unpaired) electrons. The molecule has 1 aromatic carbocycles. The zero-order valence-electron chi connectivity index (χ0n) is 9.15. The number of amides is 1. The molecule has 0 bridgehead atoms. The van der Waals surface area contributed by atoms with E-state index in [-0.39, 0.29) is 11.7 Å². The van der Waals surface area contributed by atoms with Gasteiger partial charge in [-0.15, -0.1) is 6.58 Å². The van der Waals surface area contributed by atoms with Crippen molar-refractivity contribution in [3.63, 3.8) is 0 Å². The van der Waals surface area contributed by atoms with Gasteiger partial charge in [0.2, 0.25) is 5.91 Å². The normalized spacial score (nSPS) is 15.5. The maximum atomic E-state index is 11.6. The largest absolute Gasteiger partial charge is 0.508 e. The molecule has 84 valence electrons. The summed E-state index contributed by atoms with van der Waals surface area (Å²) in [4.78, 5) is 13.3. The molecule has 0 atom stereocenters. The lowest BCUT2D eigenvalue weighted by Gasteiger charge is -2.16. The van der Waals surface area contributed by atoms with Crippen LogP contribution in [0, 0.1) is 0 Å². The lowest BCUT2D eigenvalue weighted by Crippen LogP contribution is -2.23. The van der Waals surface area contributed by atoms with E-state index in [0.29, 0.717) is 12.8 Å². The first-order valence-electron chi connectivity index (χ1n) is 5.45. The van der Waals surface area contributed by atoms with E-state index in [1.165, 1.54) is 0 Å². The van der Waals surface area contributed by atoms with Crippen molar-refractivity contribution in [1.82, 2.24) is 0 Å². The molecular weight excluding hydrogens is 202 g/mol. The number of phenols is 1. The van der Waals surface area contributed by atoms with Crippen LogP contribution in [-0.2, 0) is 11.2 Å². The highest BCUT2D eigenvalue weighted by Crippen LogP contribution is 2.27. The van der Waals surface area contributed by atoms with Gasteiger partial charge < -0.3 is 10.0 Å². The van der Waals surface area contributed by atoms with E-state index in [9.17, 15) is 9.90 Å². The second-order valence-corrected chi connectivity index (χ2v) is 3.95. The second-order valence-electron chi connectivity index (χ2n) is 3.95. The topological polar surface area (TPSA) is 40.5 Å². The van der Waals surface area contributed by atoms with E-state index in [4.69, 9.17) is 0 Å². The number of hydrogen-bond donors (Lipinski definition) is 1. The summed E-state index contributed by atoms with van der Waals surface area (Å²) in [6.45, 7) is 4.42. The molecular formula is C13H15NO2. The van der Waals surface area contributed by atoms with Crippen LogP contribution >= 0.6 is 0 Å². The van der Waals surface area contributed by atoms with Gasteiger partial charge >= 0.3 is 0 Å². The van der Waals surface area contributed by atoms with E-state index >= 15 is 0 Å². The number of aromatic hydroxyl groups is 1. The Hall–Kier alpha value is -1.77. The van der Waals surface area contributed by atoms with Crippen molar-refractivity contribution in [2.75, 3.05) is 11.4 Å². The predicted molar refractivity (Wildman–Crippen MR) is 63.6 cm³/mol. The Bertz CT molecular complexity index is 426. The van der Waals surface area contributed by atoms with Crippen molar-refractivity contribution in [3.8, 4) is 5.75 Å². The van der Waals surface area contributed by atoms with E-state index in [0.717, 1.165) is 24.2 Å². The lowest BCUT2D eigenvalue weighted by atomic mass is 10.1. The minimum atomic E-state index is 0.162. The zero-order valence-corrected chi connectivity index (χ0v) is 9.15. The van der Waals surface area contributed by atoms with Crippen LogP contribution in [0.5, 0.6) is 5.75 Å². The highest BCUT2D eigenvalue weighted by Gasteiger charge is 2.21. The molecule has 0 saturated carbocycles. The number of carbonyl (C=O) groups is 1. The first kappa shape index (κ1) is 10.7. The van der Waals surface area contributed by atoms with Gasteiger partial charge in [0.25, 0.3) is 0 Å². The van der Waals surface area contributed by atoms with Crippen LogP contribution in [-0.4, -0.2) is 17.6 Å². The van der Waals surface area contributed by atoms with Crippen LogP contribution in [0.2, 0.25) is 0 Å². The summed E-state index contributed by atoms with van der Waals surface area (Å²) in [5, 5.41) is 9.62. The first-order valence-corrected chi connectivity index (χ1v) is 5.45. The lowest BCUT2D eigenvalue weighted by molar-refractivity contribution is -0.117. The maximum Gasteiger partial charge on any atom is 0.227 e. The number of benzene rings is 1. The standard InChI is InChI=1S/C13H15NO2/c1-2-4-10-9-11(6-7-12(10)15)14-8-3-5-13(14)16/h2,6-7,9,15H,1,3-5,8H2. The number of nitrogens with zero attached hydrogens (tertiary/aromatic N) is 1. The van der Waals surface area contributed by atoms with E-state index in [2.05, 4.69) is 6.58 Å². The van der Waals surface area contributed by atoms with Gasteiger partial charge in [-0.1, -0.05) is 6.08 Å². The summed E-state index contributed by atoms with van der Waals surface area (Å²) in [7, 11) is 0.